The van der Waals surface area contributed by atoms with Gasteiger partial charge in [0.15, 0.2) is 0 Å². The SMILES string of the molecule is COc1nc(NC(C)c2cccc(Cl)c2)ncc1Br. The molecule has 1 unspecified atom stereocenters. The van der Waals surface area contributed by atoms with E-state index in [-0.39, 0.29) is 6.04 Å². The summed E-state index contributed by atoms with van der Waals surface area (Å²) in [6.45, 7) is 2.02. The van der Waals surface area contributed by atoms with E-state index in [0.717, 1.165) is 10.0 Å². The number of hydrogen-bond acceptors (Lipinski definition) is 4. The highest BCUT2D eigenvalue weighted by Crippen LogP contribution is 2.24. The van der Waals surface area contributed by atoms with Crippen molar-refractivity contribution in [2.24, 2.45) is 0 Å². The van der Waals surface area contributed by atoms with Gasteiger partial charge in [-0.3, -0.25) is 0 Å². The first-order chi connectivity index (χ1) is 9.10. The van der Waals surface area contributed by atoms with Crippen LogP contribution in [0.3, 0.4) is 0 Å². The lowest BCUT2D eigenvalue weighted by atomic mass is 10.1. The summed E-state index contributed by atoms with van der Waals surface area (Å²) >= 11 is 9.29. The summed E-state index contributed by atoms with van der Waals surface area (Å²) in [5.74, 6) is 1.00. The number of benzene rings is 1. The lowest BCUT2D eigenvalue weighted by molar-refractivity contribution is 0.394. The number of nitrogens with zero attached hydrogens (tertiary/aromatic N) is 2. The van der Waals surface area contributed by atoms with E-state index in [9.17, 15) is 0 Å². The Hall–Kier alpha value is -1.33. The van der Waals surface area contributed by atoms with Crippen LogP contribution in [0, 0.1) is 0 Å². The van der Waals surface area contributed by atoms with E-state index < -0.39 is 0 Å². The molecule has 19 heavy (non-hydrogen) atoms. The Kier molecular flexibility index (Phi) is 4.61. The van der Waals surface area contributed by atoms with Crippen molar-refractivity contribution in [3.05, 3.63) is 45.5 Å². The van der Waals surface area contributed by atoms with E-state index in [1.807, 2.05) is 31.2 Å². The molecule has 6 heteroatoms. The van der Waals surface area contributed by atoms with Crippen molar-refractivity contribution in [1.29, 1.82) is 0 Å². The van der Waals surface area contributed by atoms with Gasteiger partial charge in [0.25, 0.3) is 0 Å². The molecule has 1 aromatic heterocycles. The number of aromatic nitrogens is 2. The van der Waals surface area contributed by atoms with Gasteiger partial charge in [0.2, 0.25) is 11.8 Å². The second kappa shape index (κ2) is 6.21. The quantitative estimate of drug-likeness (QED) is 0.909. The predicted molar refractivity (Wildman–Crippen MR) is 79.8 cm³/mol. The fourth-order valence-electron chi connectivity index (χ4n) is 1.62. The number of nitrogens with one attached hydrogen (secondary N) is 1. The van der Waals surface area contributed by atoms with Gasteiger partial charge in [0, 0.05) is 5.02 Å². The summed E-state index contributed by atoms with van der Waals surface area (Å²) < 4.78 is 5.85. The highest BCUT2D eigenvalue weighted by molar-refractivity contribution is 9.10. The van der Waals surface area contributed by atoms with Crippen molar-refractivity contribution in [2.75, 3.05) is 12.4 Å². The molecule has 0 saturated carbocycles. The first kappa shape index (κ1) is 14.1. The molecule has 2 rings (SSSR count). The molecule has 100 valence electrons. The molecule has 0 bridgehead atoms. The first-order valence-electron chi connectivity index (χ1n) is 5.68. The van der Waals surface area contributed by atoms with Crippen molar-refractivity contribution in [1.82, 2.24) is 9.97 Å². The smallest absolute Gasteiger partial charge is 0.232 e. The molecule has 1 aromatic carbocycles. The van der Waals surface area contributed by atoms with Crippen LogP contribution in [0.25, 0.3) is 0 Å². The minimum Gasteiger partial charge on any atom is -0.480 e. The summed E-state index contributed by atoms with van der Waals surface area (Å²) in [6, 6.07) is 7.72. The average molecular weight is 343 g/mol. The second-order valence-electron chi connectivity index (χ2n) is 3.97. The average Bonchev–Trinajstić information content (AvgIpc) is 2.41. The highest BCUT2D eigenvalue weighted by Gasteiger charge is 2.10. The molecule has 0 aliphatic heterocycles. The molecule has 1 heterocycles. The Bertz CT molecular complexity index is 580. The van der Waals surface area contributed by atoms with Crippen molar-refractivity contribution in [2.45, 2.75) is 13.0 Å². The molecule has 0 saturated heterocycles. The van der Waals surface area contributed by atoms with E-state index in [1.54, 1.807) is 13.3 Å². The molecule has 0 fully saturated rings. The second-order valence-corrected chi connectivity index (χ2v) is 5.26. The molecule has 1 atom stereocenters. The van der Waals surface area contributed by atoms with Gasteiger partial charge in [-0.25, -0.2) is 4.98 Å². The molecule has 2 aromatic rings. The minimum atomic E-state index is 0.0459. The molecular weight excluding hydrogens is 330 g/mol. The van der Waals surface area contributed by atoms with Gasteiger partial charge in [0.05, 0.1) is 23.8 Å². The van der Waals surface area contributed by atoms with Gasteiger partial charge < -0.3 is 10.1 Å². The molecule has 0 radical (unpaired) electrons. The standard InChI is InChI=1S/C13H13BrClN3O/c1-8(9-4-3-5-10(15)6-9)17-13-16-7-11(14)12(18-13)19-2/h3-8H,1-2H3,(H,16,17,18). The fourth-order valence-corrected chi connectivity index (χ4v) is 2.17. The number of ether oxygens (including phenoxy) is 1. The first-order valence-corrected chi connectivity index (χ1v) is 6.86. The van der Waals surface area contributed by atoms with E-state index in [0.29, 0.717) is 16.9 Å². The number of halogens is 2. The third-order valence-electron chi connectivity index (χ3n) is 2.60. The monoisotopic (exact) mass is 341 g/mol. The van der Waals surface area contributed by atoms with Crippen molar-refractivity contribution < 1.29 is 4.74 Å². The van der Waals surface area contributed by atoms with Gasteiger partial charge >= 0.3 is 0 Å². The van der Waals surface area contributed by atoms with Crippen LogP contribution in [-0.2, 0) is 0 Å². The van der Waals surface area contributed by atoms with Crippen LogP contribution in [-0.4, -0.2) is 17.1 Å². The largest absolute Gasteiger partial charge is 0.480 e. The number of rotatable bonds is 4. The third-order valence-corrected chi connectivity index (χ3v) is 3.38. The molecular formula is C13H13BrClN3O. The number of methoxy groups -OCH3 is 1. The Morgan fingerprint density at radius 1 is 1.42 bits per heavy atom. The molecule has 0 amide bonds. The molecule has 0 aliphatic carbocycles. The van der Waals surface area contributed by atoms with Gasteiger partial charge in [-0.1, -0.05) is 23.7 Å². The minimum absolute atomic E-state index is 0.0459. The Balaban J connectivity index is 2.17. The Morgan fingerprint density at radius 3 is 2.89 bits per heavy atom. The molecule has 1 N–H and O–H groups in total. The number of hydrogen-bond donors (Lipinski definition) is 1. The topological polar surface area (TPSA) is 47.0 Å². The summed E-state index contributed by atoms with van der Waals surface area (Å²) in [6.07, 6.45) is 1.65. The highest BCUT2D eigenvalue weighted by atomic mass is 79.9. The maximum absolute atomic E-state index is 5.98. The van der Waals surface area contributed by atoms with Crippen LogP contribution in [0.1, 0.15) is 18.5 Å². The van der Waals surface area contributed by atoms with Gasteiger partial charge in [0.1, 0.15) is 0 Å². The summed E-state index contributed by atoms with van der Waals surface area (Å²) in [4.78, 5) is 8.45. The maximum atomic E-state index is 5.98. The summed E-state index contributed by atoms with van der Waals surface area (Å²) in [7, 11) is 1.57. The normalized spacial score (nSPS) is 12.0. The van der Waals surface area contributed by atoms with Crippen LogP contribution in [0.15, 0.2) is 34.9 Å². The zero-order valence-electron chi connectivity index (χ0n) is 10.5. The van der Waals surface area contributed by atoms with Crippen LogP contribution in [0.2, 0.25) is 5.02 Å². The maximum Gasteiger partial charge on any atom is 0.232 e. The third kappa shape index (κ3) is 3.58. The molecule has 4 nitrogen and oxygen atoms in total. The van der Waals surface area contributed by atoms with E-state index in [1.165, 1.54) is 0 Å². The predicted octanol–water partition coefficient (Wildman–Crippen LogP) is 4.07. The van der Waals surface area contributed by atoms with Gasteiger partial charge in [-0.05, 0) is 40.5 Å². The van der Waals surface area contributed by atoms with E-state index in [4.69, 9.17) is 16.3 Å². The van der Waals surface area contributed by atoms with Crippen LogP contribution < -0.4 is 10.1 Å². The van der Waals surface area contributed by atoms with E-state index >= 15 is 0 Å². The van der Waals surface area contributed by atoms with E-state index in [2.05, 4.69) is 31.2 Å². The van der Waals surface area contributed by atoms with Crippen molar-refractivity contribution in [3.63, 3.8) is 0 Å². The zero-order valence-corrected chi connectivity index (χ0v) is 12.9. The van der Waals surface area contributed by atoms with Crippen LogP contribution >= 0.6 is 27.5 Å². The summed E-state index contributed by atoms with van der Waals surface area (Å²) in [5, 5.41) is 3.91. The lowest BCUT2D eigenvalue weighted by Gasteiger charge is -2.15. The Morgan fingerprint density at radius 2 is 2.21 bits per heavy atom. The lowest BCUT2D eigenvalue weighted by Crippen LogP contribution is -2.09. The van der Waals surface area contributed by atoms with Crippen molar-refractivity contribution in [3.8, 4) is 5.88 Å². The summed E-state index contributed by atoms with van der Waals surface area (Å²) in [5.41, 5.74) is 1.07. The van der Waals surface area contributed by atoms with Crippen LogP contribution in [0.4, 0.5) is 5.95 Å². The van der Waals surface area contributed by atoms with Crippen LogP contribution in [0.5, 0.6) is 5.88 Å². The van der Waals surface area contributed by atoms with Crippen molar-refractivity contribution >= 4 is 33.5 Å². The Labute approximate surface area is 125 Å². The zero-order chi connectivity index (χ0) is 13.8. The number of anilines is 1. The molecule has 0 spiro atoms. The van der Waals surface area contributed by atoms with Gasteiger partial charge in [-0.15, -0.1) is 0 Å². The fraction of sp³-hybridized carbons (Fsp3) is 0.231. The van der Waals surface area contributed by atoms with Gasteiger partial charge in [-0.2, -0.15) is 4.98 Å². The molecule has 0 aliphatic rings.